The van der Waals surface area contributed by atoms with Crippen molar-refractivity contribution < 1.29 is 4.79 Å². The highest BCUT2D eigenvalue weighted by molar-refractivity contribution is 5.86. The van der Waals surface area contributed by atoms with E-state index in [4.69, 9.17) is 5.73 Å². The minimum absolute atomic E-state index is 0.0313. The summed E-state index contributed by atoms with van der Waals surface area (Å²) in [5, 5.41) is 4.19. The number of H-pyrrole nitrogens is 1. The highest BCUT2D eigenvalue weighted by Gasteiger charge is 2.37. The predicted octanol–water partition coefficient (Wildman–Crippen LogP) is 1.95. The highest BCUT2D eigenvalue weighted by Crippen LogP contribution is 2.33. The number of nitrogens with two attached hydrogens (primary N) is 1. The van der Waals surface area contributed by atoms with Gasteiger partial charge in [0.25, 0.3) is 0 Å². The molecule has 0 spiro atoms. The molecule has 1 saturated carbocycles. The first-order valence-electron chi connectivity index (χ1n) is 7.30. The number of hydrogen-bond acceptors (Lipinski definition) is 2. The molecular formula is C16H21N3O. The Morgan fingerprint density at radius 3 is 3.05 bits per heavy atom. The lowest BCUT2D eigenvalue weighted by molar-refractivity contribution is -0.122. The van der Waals surface area contributed by atoms with Gasteiger partial charge in [-0.05, 0) is 30.4 Å². The Morgan fingerprint density at radius 2 is 2.30 bits per heavy atom. The van der Waals surface area contributed by atoms with Gasteiger partial charge in [0.05, 0.1) is 6.04 Å². The Labute approximate surface area is 118 Å². The molecule has 20 heavy (non-hydrogen) atoms. The summed E-state index contributed by atoms with van der Waals surface area (Å²) in [7, 11) is 0. The summed E-state index contributed by atoms with van der Waals surface area (Å²) in [6, 6.07) is 7.95. The Hall–Kier alpha value is -1.81. The third-order valence-electron chi connectivity index (χ3n) is 4.23. The van der Waals surface area contributed by atoms with E-state index in [0.29, 0.717) is 18.4 Å². The van der Waals surface area contributed by atoms with Crippen LogP contribution in [0.25, 0.3) is 10.9 Å². The maximum absolute atomic E-state index is 12.1. The van der Waals surface area contributed by atoms with Gasteiger partial charge in [-0.3, -0.25) is 4.79 Å². The van der Waals surface area contributed by atoms with E-state index < -0.39 is 6.04 Å². The standard InChI is InChI=1S/C16H21N3O/c1-2-10-8-15(10)19-16(20)13(17)7-11-9-18-14-6-4-3-5-12(11)14/h3-6,9-10,13,15,18H,2,7-8,17H2,1H3,(H,19,20)/t10?,13-,15?/m1/s1. The fourth-order valence-corrected chi connectivity index (χ4v) is 2.80. The third kappa shape index (κ3) is 2.56. The number of rotatable bonds is 5. The van der Waals surface area contributed by atoms with Crippen molar-refractivity contribution in [3.63, 3.8) is 0 Å². The van der Waals surface area contributed by atoms with Crippen molar-refractivity contribution in [1.82, 2.24) is 10.3 Å². The minimum Gasteiger partial charge on any atom is -0.361 e. The number of aromatic amines is 1. The predicted molar refractivity (Wildman–Crippen MR) is 80.3 cm³/mol. The van der Waals surface area contributed by atoms with Crippen LogP contribution < -0.4 is 11.1 Å². The molecule has 1 aromatic carbocycles. The van der Waals surface area contributed by atoms with Crippen molar-refractivity contribution in [2.75, 3.05) is 0 Å². The maximum atomic E-state index is 12.1. The Morgan fingerprint density at radius 1 is 1.50 bits per heavy atom. The molecule has 3 atom stereocenters. The molecular weight excluding hydrogens is 250 g/mol. The van der Waals surface area contributed by atoms with Crippen LogP contribution in [0.1, 0.15) is 25.3 Å². The molecule has 0 saturated heterocycles. The SMILES string of the molecule is CCC1CC1NC(=O)[C@H](N)Cc1c[nH]c2ccccc12. The van der Waals surface area contributed by atoms with Gasteiger partial charge in [-0.15, -0.1) is 0 Å². The van der Waals surface area contributed by atoms with E-state index >= 15 is 0 Å². The van der Waals surface area contributed by atoms with Gasteiger partial charge in [0.1, 0.15) is 0 Å². The van der Waals surface area contributed by atoms with Gasteiger partial charge in [-0.2, -0.15) is 0 Å². The smallest absolute Gasteiger partial charge is 0.237 e. The summed E-state index contributed by atoms with van der Waals surface area (Å²) in [6.07, 6.45) is 4.74. The van der Waals surface area contributed by atoms with Crippen LogP contribution in [0, 0.1) is 5.92 Å². The van der Waals surface area contributed by atoms with Gasteiger partial charge in [-0.1, -0.05) is 31.5 Å². The first-order valence-corrected chi connectivity index (χ1v) is 7.30. The zero-order chi connectivity index (χ0) is 14.1. The molecule has 2 unspecified atom stereocenters. The molecule has 1 fully saturated rings. The van der Waals surface area contributed by atoms with Crippen LogP contribution in [-0.4, -0.2) is 23.0 Å². The average molecular weight is 271 g/mol. The first kappa shape index (κ1) is 13.2. The molecule has 1 heterocycles. The zero-order valence-electron chi connectivity index (χ0n) is 11.7. The van der Waals surface area contributed by atoms with Gasteiger partial charge < -0.3 is 16.0 Å². The van der Waals surface area contributed by atoms with Crippen LogP contribution in [0.2, 0.25) is 0 Å². The summed E-state index contributed by atoms with van der Waals surface area (Å²) in [5.41, 5.74) is 8.23. The maximum Gasteiger partial charge on any atom is 0.237 e. The quantitative estimate of drug-likeness (QED) is 0.778. The second kappa shape index (κ2) is 5.29. The van der Waals surface area contributed by atoms with E-state index in [0.717, 1.165) is 29.3 Å². The summed E-state index contributed by atoms with van der Waals surface area (Å²) >= 11 is 0. The van der Waals surface area contributed by atoms with Crippen molar-refractivity contribution >= 4 is 16.8 Å². The molecule has 4 N–H and O–H groups in total. The number of benzene rings is 1. The zero-order valence-corrected chi connectivity index (χ0v) is 11.7. The van der Waals surface area contributed by atoms with E-state index in [9.17, 15) is 4.79 Å². The number of carbonyl (C=O) groups is 1. The molecule has 1 aromatic heterocycles. The molecule has 0 radical (unpaired) electrons. The topological polar surface area (TPSA) is 70.9 Å². The van der Waals surface area contributed by atoms with E-state index in [1.165, 1.54) is 0 Å². The number of amides is 1. The van der Waals surface area contributed by atoms with Crippen LogP contribution in [-0.2, 0) is 11.2 Å². The van der Waals surface area contributed by atoms with Gasteiger partial charge in [0, 0.05) is 23.1 Å². The molecule has 4 nitrogen and oxygen atoms in total. The second-order valence-corrected chi connectivity index (χ2v) is 5.69. The van der Waals surface area contributed by atoms with Crippen molar-refractivity contribution in [2.24, 2.45) is 11.7 Å². The molecule has 1 aliphatic rings. The number of hydrogen-bond donors (Lipinski definition) is 3. The van der Waals surface area contributed by atoms with Gasteiger partial charge >= 0.3 is 0 Å². The van der Waals surface area contributed by atoms with E-state index in [1.54, 1.807) is 0 Å². The van der Waals surface area contributed by atoms with Crippen LogP contribution in [0.3, 0.4) is 0 Å². The van der Waals surface area contributed by atoms with E-state index in [1.807, 2.05) is 24.4 Å². The normalized spacial score (nSPS) is 22.7. The molecule has 0 bridgehead atoms. The molecule has 4 heteroatoms. The van der Waals surface area contributed by atoms with Crippen molar-refractivity contribution in [1.29, 1.82) is 0 Å². The number of carbonyl (C=O) groups excluding carboxylic acids is 1. The van der Waals surface area contributed by atoms with Crippen molar-refractivity contribution in [3.8, 4) is 0 Å². The lowest BCUT2D eigenvalue weighted by Gasteiger charge is -2.11. The monoisotopic (exact) mass is 271 g/mol. The van der Waals surface area contributed by atoms with Crippen molar-refractivity contribution in [3.05, 3.63) is 36.0 Å². The Balaban J connectivity index is 1.63. The molecule has 3 rings (SSSR count). The van der Waals surface area contributed by atoms with Crippen LogP contribution >= 0.6 is 0 Å². The number of nitrogens with one attached hydrogen (secondary N) is 2. The van der Waals surface area contributed by atoms with E-state index in [2.05, 4.69) is 23.3 Å². The lowest BCUT2D eigenvalue weighted by Crippen LogP contribution is -2.43. The minimum atomic E-state index is -0.479. The fraction of sp³-hybridized carbons (Fsp3) is 0.438. The molecule has 2 aromatic rings. The first-order chi connectivity index (χ1) is 9.69. The second-order valence-electron chi connectivity index (χ2n) is 5.69. The lowest BCUT2D eigenvalue weighted by atomic mass is 10.1. The number of para-hydroxylation sites is 1. The average Bonchev–Trinajstić information content (AvgIpc) is 3.10. The molecule has 1 amide bonds. The summed E-state index contributed by atoms with van der Waals surface area (Å²) < 4.78 is 0. The molecule has 106 valence electrons. The fourth-order valence-electron chi connectivity index (χ4n) is 2.80. The highest BCUT2D eigenvalue weighted by atomic mass is 16.2. The Kier molecular flexibility index (Phi) is 3.49. The summed E-state index contributed by atoms with van der Waals surface area (Å²) in [6.45, 7) is 2.16. The summed E-state index contributed by atoms with van der Waals surface area (Å²) in [4.78, 5) is 15.3. The van der Waals surface area contributed by atoms with Gasteiger partial charge in [-0.25, -0.2) is 0 Å². The van der Waals surface area contributed by atoms with Crippen LogP contribution in [0.15, 0.2) is 30.5 Å². The largest absolute Gasteiger partial charge is 0.361 e. The van der Waals surface area contributed by atoms with Gasteiger partial charge in [0.15, 0.2) is 0 Å². The Bertz CT molecular complexity index is 619. The van der Waals surface area contributed by atoms with Crippen LogP contribution in [0.5, 0.6) is 0 Å². The van der Waals surface area contributed by atoms with Crippen molar-refractivity contribution in [2.45, 2.75) is 38.3 Å². The van der Waals surface area contributed by atoms with E-state index in [-0.39, 0.29) is 5.91 Å². The number of aromatic nitrogens is 1. The number of fused-ring (bicyclic) bond motifs is 1. The molecule has 0 aliphatic heterocycles. The summed E-state index contributed by atoms with van der Waals surface area (Å²) in [5.74, 6) is 0.621. The van der Waals surface area contributed by atoms with Gasteiger partial charge in [0.2, 0.25) is 5.91 Å². The third-order valence-corrected chi connectivity index (χ3v) is 4.23. The van der Waals surface area contributed by atoms with Crippen LogP contribution in [0.4, 0.5) is 0 Å². The molecule has 1 aliphatic carbocycles.